The van der Waals surface area contributed by atoms with Gasteiger partial charge in [0, 0.05) is 36.8 Å². The summed E-state index contributed by atoms with van der Waals surface area (Å²) in [5.41, 5.74) is 7.33. The van der Waals surface area contributed by atoms with Gasteiger partial charge in [-0.3, -0.25) is 14.8 Å². The van der Waals surface area contributed by atoms with E-state index in [9.17, 15) is 9.18 Å². The van der Waals surface area contributed by atoms with E-state index in [2.05, 4.69) is 9.98 Å². The summed E-state index contributed by atoms with van der Waals surface area (Å²) in [4.78, 5) is 22.3. The molecule has 1 aromatic heterocycles. The third-order valence-electron chi connectivity index (χ3n) is 7.61. The Morgan fingerprint density at radius 1 is 1.33 bits per heavy atom. The number of benzene rings is 1. The molecule has 3 aliphatic rings. The first kappa shape index (κ1) is 24.6. The van der Waals surface area contributed by atoms with E-state index in [0.29, 0.717) is 36.3 Å². The predicted molar refractivity (Wildman–Crippen MR) is 135 cm³/mol. The second kappa shape index (κ2) is 9.41. The van der Waals surface area contributed by atoms with Gasteiger partial charge in [0.15, 0.2) is 11.0 Å². The maximum absolute atomic E-state index is 15.1. The summed E-state index contributed by atoms with van der Waals surface area (Å²) in [5, 5.41) is 9.17. The molecule has 0 bridgehead atoms. The van der Waals surface area contributed by atoms with Crippen molar-refractivity contribution in [3.05, 3.63) is 64.7 Å². The first-order chi connectivity index (χ1) is 17.3. The highest BCUT2D eigenvalue weighted by Gasteiger charge is 2.73. The Bertz CT molecular complexity index is 1310. The Hall–Kier alpha value is -3.09. The minimum absolute atomic E-state index is 0.0296. The fourth-order valence-electron chi connectivity index (χ4n) is 5.61. The lowest BCUT2D eigenvalue weighted by Crippen LogP contribution is -2.41. The summed E-state index contributed by atoms with van der Waals surface area (Å²) in [6.45, 7) is 5.12. The van der Waals surface area contributed by atoms with Gasteiger partial charge in [-0.2, -0.15) is 5.26 Å². The zero-order chi connectivity index (χ0) is 25.6. The average molecular weight is 509 g/mol. The van der Waals surface area contributed by atoms with Gasteiger partial charge in [-0.1, -0.05) is 31.7 Å². The molecule has 1 aliphatic carbocycles. The van der Waals surface area contributed by atoms with Crippen LogP contribution in [0.1, 0.15) is 48.7 Å². The van der Waals surface area contributed by atoms with Crippen molar-refractivity contribution in [1.82, 2.24) is 4.98 Å². The lowest BCUT2D eigenvalue weighted by Gasteiger charge is -2.33. The highest BCUT2D eigenvalue weighted by Crippen LogP contribution is 2.69. The van der Waals surface area contributed by atoms with Crippen molar-refractivity contribution in [2.75, 3.05) is 13.2 Å². The number of amidine groups is 1. The number of aromatic nitrogens is 1. The molecule has 2 fully saturated rings. The maximum Gasteiger partial charge on any atom is 0.155 e. The van der Waals surface area contributed by atoms with Gasteiger partial charge in [0.2, 0.25) is 0 Å². The highest BCUT2D eigenvalue weighted by atomic mass is 32.2. The van der Waals surface area contributed by atoms with Crippen LogP contribution >= 0.6 is 11.8 Å². The zero-order valence-corrected chi connectivity index (χ0v) is 20.8. The Labute approximate surface area is 212 Å². The van der Waals surface area contributed by atoms with Crippen molar-refractivity contribution in [3.8, 4) is 6.07 Å². The van der Waals surface area contributed by atoms with E-state index >= 15 is 4.39 Å². The number of pyridine rings is 1. The fraction of sp³-hybridized carbons (Fsp3) is 0.407. The van der Waals surface area contributed by atoms with E-state index in [1.807, 2.05) is 19.9 Å². The number of aliphatic imine (C=N–C) groups is 1. The Balaban J connectivity index is 1.46. The molecule has 186 valence electrons. The Morgan fingerprint density at radius 2 is 2.14 bits per heavy atom. The van der Waals surface area contributed by atoms with E-state index in [4.69, 9.17) is 15.7 Å². The molecular weight excluding hydrogens is 482 g/mol. The van der Waals surface area contributed by atoms with Crippen LogP contribution in [0.4, 0.5) is 8.78 Å². The number of nitrogens with zero attached hydrogens (tertiary/aromatic N) is 3. The molecule has 2 aromatic rings. The SMILES string of the molecule is C[C@H]1COCCC1C(=O)[C@@]12SC(N)=NC(c3cc(/C=C(\F)c4ccc(C#N)cn4)ccc3F)[C@H]1[C@@H]2C. The lowest BCUT2D eigenvalue weighted by atomic mass is 9.83. The van der Waals surface area contributed by atoms with Crippen molar-refractivity contribution >= 4 is 34.6 Å². The topological polar surface area (TPSA) is 101 Å². The fourth-order valence-corrected chi connectivity index (χ4v) is 7.11. The zero-order valence-electron chi connectivity index (χ0n) is 19.9. The van der Waals surface area contributed by atoms with Crippen molar-refractivity contribution < 1.29 is 18.3 Å². The molecule has 1 saturated heterocycles. The summed E-state index contributed by atoms with van der Waals surface area (Å²) in [6, 6.07) is 8.53. The van der Waals surface area contributed by atoms with E-state index in [1.54, 1.807) is 6.07 Å². The lowest BCUT2D eigenvalue weighted by molar-refractivity contribution is -0.129. The van der Waals surface area contributed by atoms with Crippen LogP contribution in [-0.2, 0) is 9.53 Å². The van der Waals surface area contributed by atoms with Crippen molar-refractivity contribution in [2.45, 2.75) is 31.1 Å². The molecule has 3 heterocycles. The highest BCUT2D eigenvalue weighted by molar-refractivity contribution is 8.15. The molecule has 2 N–H and O–H groups in total. The number of rotatable bonds is 5. The molecule has 2 aliphatic heterocycles. The molecule has 6 atom stereocenters. The maximum atomic E-state index is 15.1. The summed E-state index contributed by atoms with van der Waals surface area (Å²) in [7, 11) is 0. The van der Waals surface area contributed by atoms with Crippen LogP contribution in [0, 0.1) is 40.8 Å². The minimum atomic E-state index is -0.733. The standard InChI is InChI=1S/C27H26F2N4O2S/c1-14-13-35-8-7-18(14)25(34)27-15(2)23(27)24(33-26(31)36-27)19-9-16(3-5-20(19)28)10-21(29)22-6-4-17(11-30)12-32-22/h3-6,9-10,12,14-15,18,23-24H,7-8,13H2,1-2H3,(H2,31,33)/b21-10-/t14-,15-,18?,23+,24?,27-/m0/s1. The van der Waals surface area contributed by atoms with Gasteiger partial charge in [-0.05, 0) is 54.2 Å². The van der Waals surface area contributed by atoms with E-state index in [1.165, 1.54) is 48.3 Å². The molecule has 36 heavy (non-hydrogen) atoms. The third kappa shape index (κ3) is 4.12. The number of carbonyl (C=O) groups is 1. The van der Waals surface area contributed by atoms with Crippen molar-refractivity contribution in [2.24, 2.45) is 34.4 Å². The third-order valence-corrected chi connectivity index (χ3v) is 9.11. The quantitative estimate of drug-likeness (QED) is 0.616. The van der Waals surface area contributed by atoms with Crippen LogP contribution in [0.2, 0.25) is 0 Å². The summed E-state index contributed by atoms with van der Waals surface area (Å²) in [5.74, 6) is -1.18. The Kier molecular flexibility index (Phi) is 6.43. The molecule has 0 amide bonds. The Morgan fingerprint density at radius 3 is 2.83 bits per heavy atom. The largest absolute Gasteiger partial charge is 0.381 e. The first-order valence-electron chi connectivity index (χ1n) is 11.9. The van der Waals surface area contributed by atoms with Gasteiger partial charge >= 0.3 is 0 Å². The number of Topliss-reactive ketones (excluding diaryl/α,β-unsaturated/α-hetero) is 1. The molecule has 2 unspecified atom stereocenters. The second-order valence-corrected chi connectivity index (χ2v) is 11.0. The van der Waals surface area contributed by atoms with Gasteiger partial charge in [0.25, 0.3) is 0 Å². The van der Waals surface area contributed by atoms with Gasteiger partial charge in [-0.25, -0.2) is 8.78 Å². The van der Waals surface area contributed by atoms with Crippen LogP contribution in [0.15, 0.2) is 41.5 Å². The van der Waals surface area contributed by atoms with Crippen LogP contribution in [0.5, 0.6) is 0 Å². The van der Waals surface area contributed by atoms with E-state index in [-0.39, 0.29) is 40.3 Å². The van der Waals surface area contributed by atoms with Gasteiger partial charge < -0.3 is 10.5 Å². The van der Waals surface area contributed by atoms with Crippen LogP contribution in [0.3, 0.4) is 0 Å². The first-order valence-corrected chi connectivity index (χ1v) is 12.8. The number of halogens is 2. The molecule has 5 rings (SSSR count). The molecular formula is C27H26F2N4O2S. The molecule has 1 saturated carbocycles. The van der Waals surface area contributed by atoms with Crippen LogP contribution in [0.25, 0.3) is 11.9 Å². The van der Waals surface area contributed by atoms with Crippen molar-refractivity contribution in [3.63, 3.8) is 0 Å². The number of hydrogen-bond acceptors (Lipinski definition) is 7. The molecule has 0 radical (unpaired) electrons. The average Bonchev–Trinajstić information content (AvgIpc) is 3.49. The molecule has 1 aromatic carbocycles. The normalized spacial score (nSPS) is 31.7. The molecule has 0 spiro atoms. The number of carbonyl (C=O) groups excluding carboxylic acids is 1. The summed E-state index contributed by atoms with van der Waals surface area (Å²) >= 11 is 1.31. The number of fused-ring (bicyclic) bond motifs is 1. The van der Waals surface area contributed by atoms with Crippen molar-refractivity contribution in [1.29, 1.82) is 5.26 Å². The van der Waals surface area contributed by atoms with E-state index < -0.39 is 22.4 Å². The predicted octanol–water partition coefficient (Wildman–Crippen LogP) is 4.91. The summed E-state index contributed by atoms with van der Waals surface area (Å²) in [6.07, 6.45) is 3.22. The smallest absolute Gasteiger partial charge is 0.155 e. The van der Waals surface area contributed by atoms with Crippen LogP contribution < -0.4 is 5.73 Å². The minimum Gasteiger partial charge on any atom is -0.381 e. The molecule has 9 heteroatoms. The van der Waals surface area contributed by atoms with Gasteiger partial charge in [0.1, 0.15) is 17.7 Å². The van der Waals surface area contributed by atoms with E-state index in [0.717, 1.165) is 0 Å². The van der Waals surface area contributed by atoms with Gasteiger partial charge in [0.05, 0.1) is 22.0 Å². The van der Waals surface area contributed by atoms with Crippen LogP contribution in [-0.4, -0.2) is 33.9 Å². The number of ether oxygens (including phenoxy) is 1. The monoisotopic (exact) mass is 508 g/mol. The molecule has 6 nitrogen and oxygen atoms in total. The number of nitriles is 1. The second-order valence-electron chi connectivity index (χ2n) is 9.75. The number of ketones is 1. The van der Waals surface area contributed by atoms with Gasteiger partial charge in [-0.15, -0.1) is 0 Å². The number of hydrogen-bond donors (Lipinski definition) is 1. The summed E-state index contributed by atoms with van der Waals surface area (Å²) < 4.78 is 34.8. The number of nitrogens with two attached hydrogens (primary N) is 1. The number of thioether (sulfide) groups is 1.